The van der Waals surface area contributed by atoms with Crippen LogP contribution in [0.1, 0.15) is 44.9 Å². The monoisotopic (exact) mass is 428 g/mol. The van der Waals surface area contributed by atoms with Crippen LogP contribution in [0.4, 0.5) is 0 Å². The summed E-state index contributed by atoms with van der Waals surface area (Å²) in [6.07, 6.45) is 9.58. The summed E-state index contributed by atoms with van der Waals surface area (Å²) in [6.45, 7) is 3.37. The van der Waals surface area contributed by atoms with Gasteiger partial charge in [0, 0.05) is 24.0 Å². The lowest BCUT2D eigenvalue weighted by Gasteiger charge is -2.22. The Morgan fingerprint density at radius 2 is 1.59 bits per heavy atom. The molecule has 2 nitrogen and oxygen atoms in total. The van der Waals surface area contributed by atoms with Gasteiger partial charge in [0.1, 0.15) is 0 Å². The Hall–Kier alpha value is -0.450. The maximum absolute atomic E-state index is 3.69. The van der Waals surface area contributed by atoms with E-state index in [0.717, 1.165) is 25.7 Å². The molecule has 0 amide bonds. The minimum absolute atomic E-state index is 0. The summed E-state index contributed by atoms with van der Waals surface area (Å²) < 4.78 is 0. The average molecular weight is 430 g/mol. The topological polar surface area (TPSA) is 24.1 Å². The molecular formula is C22H34Cl2N2S. The van der Waals surface area contributed by atoms with E-state index < -0.39 is 0 Å². The van der Waals surface area contributed by atoms with Gasteiger partial charge in [0.25, 0.3) is 0 Å². The Labute approximate surface area is 181 Å². The molecule has 1 saturated carbocycles. The summed E-state index contributed by atoms with van der Waals surface area (Å²) in [5.74, 6) is 1.21. The van der Waals surface area contributed by atoms with Gasteiger partial charge >= 0.3 is 0 Å². The first-order valence-corrected chi connectivity index (χ1v) is 11.0. The zero-order valence-electron chi connectivity index (χ0n) is 16.1. The van der Waals surface area contributed by atoms with Crippen LogP contribution in [0.15, 0.2) is 47.4 Å². The fourth-order valence-corrected chi connectivity index (χ4v) is 4.55. The molecule has 5 heteroatoms. The lowest BCUT2D eigenvalue weighted by Crippen LogP contribution is -2.36. The van der Waals surface area contributed by atoms with E-state index in [1.165, 1.54) is 66.4 Å². The van der Waals surface area contributed by atoms with Gasteiger partial charge in [-0.3, -0.25) is 0 Å². The van der Waals surface area contributed by atoms with E-state index in [9.17, 15) is 0 Å². The summed E-state index contributed by atoms with van der Waals surface area (Å²) in [6, 6.07) is 16.2. The zero-order valence-corrected chi connectivity index (χ0v) is 18.6. The van der Waals surface area contributed by atoms with Crippen molar-refractivity contribution in [2.45, 2.75) is 55.9 Å². The Balaban J connectivity index is 0.00000182. The number of hydrogen-bond donors (Lipinski definition) is 2. The number of halogens is 2. The van der Waals surface area contributed by atoms with Crippen LogP contribution < -0.4 is 10.6 Å². The van der Waals surface area contributed by atoms with Crippen molar-refractivity contribution in [3.8, 4) is 0 Å². The van der Waals surface area contributed by atoms with E-state index in [4.69, 9.17) is 0 Å². The van der Waals surface area contributed by atoms with Crippen LogP contribution in [0.2, 0.25) is 0 Å². The van der Waals surface area contributed by atoms with Crippen molar-refractivity contribution in [3.63, 3.8) is 0 Å². The predicted octanol–water partition coefficient (Wildman–Crippen LogP) is 6.07. The minimum Gasteiger partial charge on any atom is -0.315 e. The molecule has 2 aromatic rings. The van der Waals surface area contributed by atoms with Crippen LogP contribution >= 0.6 is 36.6 Å². The second kappa shape index (κ2) is 14.5. The molecular weight excluding hydrogens is 395 g/mol. The first-order chi connectivity index (χ1) is 12.4. The van der Waals surface area contributed by atoms with Gasteiger partial charge in [-0.15, -0.1) is 36.6 Å². The van der Waals surface area contributed by atoms with E-state index in [1.807, 2.05) is 11.8 Å². The lowest BCUT2D eigenvalue weighted by atomic mass is 9.95. The molecule has 0 radical (unpaired) electrons. The van der Waals surface area contributed by atoms with E-state index in [1.54, 1.807) is 0 Å². The van der Waals surface area contributed by atoms with Crippen molar-refractivity contribution in [3.05, 3.63) is 42.5 Å². The van der Waals surface area contributed by atoms with Crippen molar-refractivity contribution < 1.29 is 0 Å². The molecule has 0 atom stereocenters. The number of unbranched alkanes of at least 4 members (excludes halogenated alkanes) is 1. The fraction of sp³-hybridized carbons (Fsp3) is 0.545. The largest absolute Gasteiger partial charge is 0.315 e. The zero-order chi connectivity index (χ0) is 17.2. The van der Waals surface area contributed by atoms with Crippen LogP contribution in [0.25, 0.3) is 10.8 Å². The first-order valence-electron chi connectivity index (χ1n) is 9.97. The molecule has 0 bridgehead atoms. The molecule has 27 heavy (non-hydrogen) atoms. The molecule has 2 N–H and O–H groups in total. The predicted molar refractivity (Wildman–Crippen MR) is 126 cm³/mol. The highest BCUT2D eigenvalue weighted by molar-refractivity contribution is 7.99. The number of rotatable bonds is 10. The van der Waals surface area contributed by atoms with Crippen LogP contribution in [-0.2, 0) is 0 Å². The summed E-state index contributed by atoms with van der Waals surface area (Å²) in [5.41, 5.74) is 0. The standard InChI is InChI=1S/C22H32N2S.2ClH/c1-2-10-21(11-3-1)24-16-15-23-14-6-7-17-25-22-13-12-19-8-4-5-9-20(19)18-22;;/h4-5,8-9,12-13,18,21,23-24H,1-3,6-7,10-11,14-17H2;2*1H. The summed E-state index contributed by atoms with van der Waals surface area (Å²) >= 11 is 1.98. The van der Waals surface area contributed by atoms with E-state index in [0.29, 0.717) is 0 Å². The highest BCUT2D eigenvalue weighted by Gasteiger charge is 2.11. The number of thioether (sulfide) groups is 1. The molecule has 1 aliphatic rings. The highest BCUT2D eigenvalue weighted by atomic mass is 35.5. The van der Waals surface area contributed by atoms with Gasteiger partial charge in [-0.2, -0.15) is 0 Å². The molecule has 152 valence electrons. The smallest absolute Gasteiger partial charge is 0.00793 e. The summed E-state index contributed by atoms with van der Waals surface area (Å²) in [4.78, 5) is 1.39. The summed E-state index contributed by atoms with van der Waals surface area (Å²) in [5, 5.41) is 9.95. The van der Waals surface area contributed by atoms with Gasteiger partial charge in [0.2, 0.25) is 0 Å². The maximum Gasteiger partial charge on any atom is 0.00793 e. The third-order valence-electron chi connectivity index (χ3n) is 5.08. The number of benzene rings is 2. The van der Waals surface area contributed by atoms with Crippen LogP contribution in [0.3, 0.4) is 0 Å². The van der Waals surface area contributed by atoms with E-state index in [-0.39, 0.29) is 24.8 Å². The number of nitrogens with one attached hydrogen (secondary N) is 2. The molecule has 0 aliphatic heterocycles. The van der Waals surface area contributed by atoms with Gasteiger partial charge in [-0.25, -0.2) is 0 Å². The van der Waals surface area contributed by atoms with Gasteiger partial charge in [-0.1, -0.05) is 49.6 Å². The SMILES string of the molecule is Cl.Cl.c1ccc2cc(SCCCCNCCNC3CCCCC3)ccc2c1. The normalized spacial score (nSPS) is 14.5. The lowest BCUT2D eigenvalue weighted by molar-refractivity contribution is 0.372. The van der Waals surface area contributed by atoms with Crippen LogP contribution in [0, 0.1) is 0 Å². The van der Waals surface area contributed by atoms with Gasteiger partial charge in [-0.05, 0) is 60.9 Å². The fourth-order valence-electron chi connectivity index (χ4n) is 3.60. The molecule has 3 rings (SSSR count). The van der Waals surface area contributed by atoms with Crippen molar-refractivity contribution in [2.75, 3.05) is 25.4 Å². The van der Waals surface area contributed by atoms with Gasteiger partial charge in [0.05, 0.1) is 0 Å². The molecule has 1 fully saturated rings. The molecule has 0 spiro atoms. The van der Waals surface area contributed by atoms with Crippen molar-refractivity contribution in [1.82, 2.24) is 10.6 Å². The van der Waals surface area contributed by atoms with Crippen molar-refractivity contribution >= 4 is 47.3 Å². The Morgan fingerprint density at radius 3 is 2.41 bits per heavy atom. The second-order valence-corrected chi connectivity index (χ2v) is 8.27. The molecule has 0 aromatic heterocycles. The Bertz CT molecular complexity index is 632. The van der Waals surface area contributed by atoms with Crippen LogP contribution in [0.5, 0.6) is 0 Å². The first kappa shape index (κ1) is 24.6. The summed E-state index contributed by atoms with van der Waals surface area (Å²) in [7, 11) is 0. The highest BCUT2D eigenvalue weighted by Crippen LogP contribution is 2.24. The van der Waals surface area contributed by atoms with Crippen LogP contribution in [-0.4, -0.2) is 31.4 Å². The maximum atomic E-state index is 3.69. The molecule has 2 aromatic carbocycles. The van der Waals surface area contributed by atoms with Crippen molar-refractivity contribution in [1.29, 1.82) is 0 Å². The second-order valence-electron chi connectivity index (χ2n) is 7.10. The third-order valence-corrected chi connectivity index (χ3v) is 6.16. The number of fused-ring (bicyclic) bond motifs is 1. The average Bonchev–Trinajstić information content (AvgIpc) is 2.67. The van der Waals surface area contributed by atoms with Gasteiger partial charge < -0.3 is 10.6 Å². The molecule has 1 aliphatic carbocycles. The van der Waals surface area contributed by atoms with Gasteiger partial charge in [0.15, 0.2) is 0 Å². The third kappa shape index (κ3) is 9.06. The van der Waals surface area contributed by atoms with Crippen molar-refractivity contribution in [2.24, 2.45) is 0 Å². The molecule has 0 heterocycles. The minimum atomic E-state index is 0. The van der Waals surface area contributed by atoms with E-state index in [2.05, 4.69) is 53.1 Å². The Kier molecular flexibility index (Phi) is 13.2. The van der Waals surface area contributed by atoms with E-state index >= 15 is 0 Å². The molecule has 0 unspecified atom stereocenters. The number of hydrogen-bond acceptors (Lipinski definition) is 3. The Morgan fingerprint density at radius 1 is 0.815 bits per heavy atom. The quantitative estimate of drug-likeness (QED) is 0.354. The molecule has 0 saturated heterocycles.